The normalized spacial score (nSPS) is 10.4. The molecule has 6 nitrogen and oxygen atoms in total. The molecule has 1 amide bonds. The Morgan fingerprint density at radius 1 is 1.22 bits per heavy atom. The molecule has 1 aromatic carbocycles. The van der Waals surface area contributed by atoms with E-state index >= 15 is 0 Å². The molecule has 0 radical (unpaired) electrons. The number of benzene rings is 1. The molecule has 0 aliphatic heterocycles. The summed E-state index contributed by atoms with van der Waals surface area (Å²) in [5.41, 5.74) is 3.46. The Labute approximate surface area is 138 Å². The summed E-state index contributed by atoms with van der Waals surface area (Å²) in [6, 6.07) is 4.02. The van der Waals surface area contributed by atoms with Crippen molar-refractivity contribution in [2.24, 2.45) is 0 Å². The number of esters is 1. The predicted molar refractivity (Wildman–Crippen MR) is 89.8 cm³/mol. The molecule has 23 heavy (non-hydrogen) atoms. The standard InChI is InChI=1S/C16H18N2O4S/c1-9(2)14(19)21-5-6-22-16(20)18-15-17-12-7-10(3)11(4)8-13(12)23-15/h7-8H,1,5-6H2,2-4H3,(H,17,18,20). The van der Waals surface area contributed by atoms with E-state index in [1.165, 1.54) is 16.9 Å². The molecule has 7 heteroatoms. The monoisotopic (exact) mass is 334 g/mol. The molecule has 0 saturated heterocycles. The lowest BCUT2D eigenvalue weighted by Gasteiger charge is -2.05. The van der Waals surface area contributed by atoms with Gasteiger partial charge in [-0.25, -0.2) is 14.6 Å². The number of nitrogens with zero attached hydrogens (tertiary/aromatic N) is 1. The third kappa shape index (κ3) is 4.53. The molecule has 0 bridgehead atoms. The van der Waals surface area contributed by atoms with Crippen molar-refractivity contribution in [3.63, 3.8) is 0 Å². The van der Waals surface area contributed by atoms with E-state index in [1.54, 1.807) is 6.92 Å². The van der Waals surface area contributed by atoms with E-state index in [1.807, 2.05) is 26.0 Å². The van der Waals surface area contributed by atoms with Crippen LogP contribution < -0.4 is 5.32 Å². The largest absolute Gasteiger partial charge is 0.459 e. The van der Waals surface area contributed by atoms with Gasteiger partial charge in [0.05, 0.1) is 10.2 Å². The fourth-order valence-corrected chi connectivity index (χ4v) is 2.68. The van der Waals surface area contributed by atoms with Gasteiger partial charge in [0.15, 0.2) is 5.13 Å². The maximum absolute atomic E-state index is 11.7. The Morgan fingerprint density at radius 2 is 1.87 bits per heavy atom. The molecule has 0 saturated carbocycles. The van der Waals surface area contributed by atoms with Crippen LogP contribution in [-0.4, -0.2) is 30.3 Å². The van der Waals surface area contributed by atoms with Crippen molar-refractivity contribution in [3.8, 4) is 0 Å². The second-order valence-corrected chi connectivity index (χ2v) is 6.13. The van der Waals surface area contributed by atoms with Crippen molar-refractivity contribution < 1.29 is 19.1 Å². The molecule has 2 rings (SSSR count). The number of rotatable bonds is 5. The number of fused-ring (bicyclic) bond motifs is 1. The Kier molecular flexibility index (Phi) is 5.33. The van der Waals surface area contributed by atoms with Crippen LogP contribution in [0.5, 0.6) is 0 Å². The minimum Gasteiger partial charge on any atom is -0.459 e. The van der Waals surface area contributed by atoms with Crippen molar-refractivity contribution in [3.05, 3.63) is 35.4 Å². The minimum absolute atomic E-state index is 0.0165. The lowest BCUT2D eigenvalue weighted by molar-refractivity contribution is -0.139. The zero-order chi connectivity index (χ0) is 17.0. The van der Waals surface area contributed by atoms with Crippen LogP contribution >= 0.6 is 11.3 Å². The summed E-state index contributed by atoms with van der Waals surface area (Å²) >= 11 is 1.38. The molecule has 0 spiro atoms. The number of anilines is 1. The summed E-state index contributed by atoms with van der Waals surface area (Å²) in [6.45, 7) is 9.00. The topological polar surface area (TPSA) is 77.5 Å². The van der Waals surface area contributed by atoms with Crippen LogP contribution in [0.15, 0.2) is 24.3 Å². The Bertz CT molecular complexity index is 728. The molecule has 0 aliphatic carbocycles. The first-order valence-corrected chi connectivity index (χ1v) is 7.82. The minimum atomic E-state index is -0.635. The van der Waals surface area contributed by atoms with Crippen molar-refractivity contribution in [2.45, 2.75) is 20.8 Å². The Balaban J connectivity index is 1.86. The quantitative estimate of drug-likeness (QED) is 0.514. The number of amides is 1. The van der Waals surface area contributed by atoms with E-state index in [-0.39, 0.29) is 13.2 Å². The van der Waals surface area contributed by atoms with Crippen LogP contribution in [0.3, 0.4) is 0 Å². The van der Waals surface area contributed by atoms with E-state index in [9.17, 15) is 9.59 Å². The van der Waals surface area contributed by atoms with Gasteiger partial charge in [0.2, 0.25) is 0 Å². The molecule has 0 aliphatic rings. The second kappa shape index (κ2) is 7.23. The first-order valence-electron chi connectivity index (χ1n) is 7.01. The van der Waals surface area contributed by atoms with Crippen LogP contribution in [0.1, 0.15) is 18.1 Å². The van der Waals surface area contributed by atoms with Gasteiger partial charge in [-0.1, -0.05) is 17.9 Å². The number of nitrogens with one attached hydrogen (secondary N) is 1. The number of hydrogen-bond donors (Lipinski definition) is 1. The highest BCUT2D eigenvalue weighted by Crippen LogP contribution is 2.28. The molecule has 2 aromatic rings. The van der Waals surface area contributed by atoms with Gasteiger partial charge >= 0.3 is 12.1 Å². The number of aryl methyl sites for hydroxylation is 2. The Hall–Kier alpha value is -2.41. The first kappa shape index (κ1) is 17.0. The highest BCUT2D eigenvalue weighted by molar-refractivity contribution is 7.22. The molecule has 0 atom stereocenters. The number of ether oxygens (including phenoxy) is 2. The van der Waals surface area contributed by atoms with Crippen LogP contribution in [0, 0.1) is 13.8 Å². The molecular formula is C16H18N2O4S. The first-order chi connectivity index (χ1) is 10.9. The number of aromatic nitrogens is 1. The maximum atomic E-state index is 11.7. The molecule has 0 fully saturated rings. The molecule has 1 N–H and O–H groups in total. The van der Waals surface area contributed by atoms with Crippen LogP contribution in [0.2, 0.25) is 0 Å². The number of thiazole rings is 1. The number of carbonyl (C=O) groups is 2. The van der Waals surface area contributed by atoms with Gasteiger partial charge in [-0.3, -0.25) is 5.32 Å². The summed E-state index contributed by atoms with van der Waals surface area (Å²) in [5.74, 6) is -0.508. The van der Waals surface area contributed by atoms with E-state index in [2.05, 4.69) is 16.9 Å². The van der Waals surface area contributed by atoms with Crippen molar-refractivity contribution in [1.82, 2.24) is 4.98 Å². The van der Waals surface area contributed by atoms with Crippen molar-refractivity contribution >= 4 is 38.7 Å². The summed E-state index contributed by atoms with van der Waals surface area (Å²) in [5, 5.41) is 3.04. The average Bonchev–Trinajstić information content (AvgIpc) is 2.84. The third-order valence-corrected chi connectivity index (χ3v) is 4.04. The maximum Gasteiger partial charge on any atom is 0.413 e. The van der Waals surface area contributed by atoms with Crippen LogP contribution in [0.4, 0.5) is 9.93 Å². The zero-order valence-electron chi connectivity index (χ0n) is 13.3. The lowest BCUT2D eigenvalue weighted by Crippen LogP contribution is -2.18. The fourth-order valence-electron chi connectivity index (χ4n) is 1.75. The molecule has 0 unspecified atom stereocenters. The van der Waals surface area contributed by atoms with Gasteiger partial charge in [0.25, 0.3) is 0 Å². The smallest absolute Gasteiger partial charge is 0.413 e. The van der Waals surface area contributed by atoms with Crippen LogP contribution in [0.25, 0.3) is 10.2 Å². The van der Waals surface area contributed by atoms with Gasteiger partial charge in [-0.05, 0) is 44.0 Å². The number of hydrogen-bond acceptors (Lipinski definition) is 6. The SMILES string of the molecule is C=C(C)C(=O)OCCOC(=O)Nc1nc2cc(C)c(C)cc2s1. The van der Waals surface area contributed by atoms with Gasteiger partial charge in [-0.2, -0.15) is 0 Å². The predicted octanol–water partition coefficient (Wildman–Crippen LogP) is 3.58. The fraction of sp³-hybridized carbons (Fsp3) is 0.312. The van der Waals surface area contributed by atoms with Crippen molar-refractivity contribution in [1.29, 1.82) is 0 Å². The van der Waals surface area contributed by atoms with E-state index in [4.69, 9.17) is 9.47 Å². The van der Waals surface area contributed by atoms with Gasteiger partial charge in [0.1, 0.15) is 13.2 Å². The summed E-state index contributed by atoms with van der Waals surface area (Å²) in [7, 11) is 0. The highest BCUT2D eigenvalue weighted by Gasteiger charge is 2.10. The second-order valence-electron chi connectivity index (χ2n) is 5.10. The van der Waals surface area contributed by atoms with Gasteiger partial charge in [-0.15, -0.1) is 0 Å². The zero-order valence-corrected chi connectivity index (χ0v) is 14.1. The van der Waals surface area contributed by atoms with E-state index in [0.29, 0.717) is 10.7 Å². The summed E-state index contributed by atoms with van der Waals surface area (Å²) in [4.78, 5) is 27.2. The van der Waals surface area contributed by atoms with Gasteiger partial charge in [0, 0.05) is 5.57 Å². The van der Waals surface area contributed by atoms with Crippen LogP contribution in [-0.2, 0) is 14.3 Å². The van der Waals surface area contributed by atoms with E-state index < -0.39 is 12.1 Å². The molecule has 122 valence electrons. The molecule has 1 heterocycles. The number of carbonyl (C=O) groups excluding carboxylic acids is 2. The molecular weight excluding hydrogens is 316 g/mol. The Morgan fingerprint density at radius 3 is 2.57 bits per heavy atom. The summed E-state index contributed by atoms with van der Waals surface area (Å²) < 4.78 is 10.8. The van der Waals surface area contributed by atoms with Crippen molar-refractivity contribution in [2.75, 3.05) is 18.5 Å². The lowest BCUT2D eigenvalue weighted by atomic mass is 10.1. The third-order valence-electron chi connectivity index (χ3n) is 3.11. The summed E-state index contributed by atoms with van der Waals surface area (Å²) in [6.07, 6.45) is -0.635. The van der Waals surface area contributed by atoms with E-state index in [0.717, 1.165) is 15.8 Å². The highest BCUT2D eigenvalue weighted by atomic mass is 32.1. The molecule has 1 aromatic heterocycles. The average molecular weight is 334 g/mol. The van der Waals surface area contributed by atoms with Gasteiger partial charge < -0.3 is 9.47 Å².